The van der Waals surface area contributed by atoms with Crippen LogP contribution in [0.15, 0.2) is 0 Å². The van der Waals surface area contributed by atoms with E-state index in [2.05, 4.69) is 0 Å². The Morgan fingerprint density at radius 3 is 2.21 bits per heavy atom. The van der Waals surface area contributed by atoms with Crippen LogP contribution in [0.3, 0.4) is 0 Å². The number of halogens is 3. The molecule has 1 unspecified atom stereocenters. The lowest BCUT2D eigenvalue weighted by atomic mass is 9.88. The van der Waals surface area contributed by atoms with Crippen molar-refractivity contribution >= 4 is 5.78 Å². The molecular weight excluding hydrogens is 255 g/mol. The van der Waals surface area contributed by atoms with E-state index in [0.29, 0.717) is 19.6 Å². The average molecular weight is 277 g/mol. The van der Waals surface area contributed by atoms with E-state index in [4.69, 9.17) is 0 Å². The van der Waals surface area contributed by atoms with Gasteiger partial charge >= 0.3 is 6.18 Å². The molecule has 2 nitrogen and oxygen atoms in total. The highest BCUT2D eigenvalue weighted by molar-refractivity contribution is 5.88. The molecule has 19 heavy (non-hydrogen) atoms. The zero-order chi connectivity index (χ0) is 14.3. The molecule has 5 heteroatoms. The second-order valence-electron chi connectivity index (χ2n) is 6.60. The van der Waals surface area contributed by atoms with Gasteiger partial charge in [0, 0.05) is 17.9 Å². The molecule has 0 aromatic carbocycles. The molecular formula is C14H22F3NO. The zero-order valence-corrected chi connectivity index (χ0v) is 11.6. The third-order valence-electron chi connectivity index (χ3n) is 4.68. The fraction of sp³-hybridized carbons (Fsp3) is 0.929. The van der Waals surface area contributed by atoms with Crippen molar-refractivity contribution < 1.29 is 18.0 Å². The fourth-order valence-electron chi connectivity index (χ4n) is 3.27. The number of nitrogens with zero attached hydrogens (tertiary/aromatic N) is 1. The Kier molecular flexibility index (Phi) is 3.96. The van der Waals surface area contributed by atoms with Crippen molar-refractivity contribution in [3.63, 3.8) is 0 Å². The molecule has 0 aromatic rings. The number of ketones is 1. The molecule has 1 atom stereocenters. The van der Waals surface area contributed by atoms with E-state index >= 15 is 0 Å². The van der Waals surface area contributed by atoms with Gasteiger partial charge in [-0.1, -0.05) is 13.8 Å². The molecule has 1 aliphatic heterocycles. The molecule has 0 bridgehead atoms. The van der Waals surface area contributed by atoms with Gasteiger partial charge in [-0.2, -0.15) is 13.2 Å². The lowest BCUT2D eigenvalue weighted by molar-refractivity contribution is -0.185. The molecule has 1 heterocycles. The summed E-state index contributed by atoms with van der Waals surface area (Å²) in [6.45, 7) is 5.51. The number of carbonyl (C=O) groups excluding carboxylic acids is 1. The number of piperidine rings is 1. The summed E-state index contributed by atoms with van der Waals surface area (Å²) in [4.78, 5) is 14.2. The number of hydrogen-bond donors (Lipinski definition) is 0. The van der Waals surface area contributed by atoms with E-state index in [1.807, 2.05) is 18.7 Å². The Morgan fingerprint density at radius 2 is 1.79 bits per heavy atom. The Hall–Kier alpha value is -0.580. The van der Waals surface area contributed by atoms with Crippen LogP contribution in [0.1, 0.15) is 39.5 Å². The van der Waals surface area contributed by atoms with Crippen molar-refractivity contribution in [3.05, 3.63) is 0 Å². The molecule has 0 spiro atoms. The number of Topliss-reactive ketones (excluding diaryl/α,β-unsaturated/α-hetero) is 1. The van der Waals surface area contributed by atoms with Crippen molar-refractivity contribution in [2.24, 2.45) is 17.3 Å². The Labute approximate surface area is 112 Å². The molecule has 2 aliphatic rings. The Balaban J connectivity index is 1.82. The van der Waals surface area contributed by atoms with Gasteiger partial charge in [-0.05, 0) is 38.8 Å². The number of hydrogen-bond acceptors (Lipinski definition) is 2. The van der Waals surface area contributed by atoms with Gasteiger partial charge in [0.2, 0.25) is 0 Å². The highest BCUT2D eigenvalue weighted by Crippen LogP contribution is 2.39. The first-order chi connectivity index (χ1) is 8.70. The van der Waals surface area contributed by atoms with Crippen molar-refractivity contribution in [3.8, 4) is 0 Å². The van der Waals surface area contributed by atoms with Crippen molar-refractivity contribution in [1.82, 2.24) is 4.90 Å². The summed E-state index contributed by atoms with van der Waals surface area (Å²) >= 11 is 0. The molecule has 0 aromatic heterocycles. The first kappa shape index (κ1) is 14.8. The van der Waals surface area contributed by atoms with Gasteiger partial charge in [-0.3, -0.25) is 4.79 Å². The maximum atomic E-state index is 12.6. The van der Waals surface area contributed by atoms with Crippen LogP contribution in [0.4, 0.5) is 13.2 Å². The van der Waals surface area contributed by atoms with Crippen molar-refractivity contribution in [2.75, 3.05) is 19.6 Å². The third kappa shape index (κ3) is 3.30. The molecule has 0 radical (unpaired) electrons. The zero-order valence-electron chi connectivity index (χ0n) is 11.6. The predicted molar refractivity (Wildman–Crippen MR) is 66.7 cm³/mol. The Morgan fingerprint density at radius 1 is 1.21 bits per heavy atom. The fourth-order valence-corrected chi connectivity index (χ4v) is 3.27. The molecule has 0 N–H and O–H groups in total. The molecule has 1 saturated carbocycles. The smallest absolute Gasteiger partial charge is 0.303 e. The lowest BCUT2D eigenvalue weighted by Crippen LogP contribution is -2.42. The van der Waals surface area contributed by atoms with E-state index in [1.54, 1.807) is 0 Å². The summed E-state index contributed by atoms with van der Waals surface area (Å²) in [6, 6.07) is 0. The monoisotopic (exact) mass is 277 g/mol. The maximum Gasteiger partial charge on any atom is 0.391 e. The lowest BCUT2D eigenvalue weighted by Gasteiger charge is -2.34. The van der Waals surface area contributed by atoms with Gasteiger partial charge in [-0.25, -0.2) is 0 Å². The summed E-state index contributed by atoms with van der Waals surface area (Å²) < 4.78 is 37.7. The van der Waals surface area contributed by atoms with Gasteiger partial charge in [0.1, 0.15) is 5.78 Å². The van der Waals surface area contributed by atoms with Crippen LogP contribution >= 0.6 is 0 Å². The predicted octanol–water partition coefficient (Wildman–Crippen LogP) is 3.27. The second-order valence-corrected chi connectivity index (χ2v) is 6.60. The van der Waals surface area contributed by atoms with Crippen LogP contribution in [-0.4, -0.2) is 36.5 Å². The van der Waals surface area contributed by atoms with Gasteiger partial charge in [0.25, 0.3) is 0 Å². The Bertz CT molecular complexity index is 343. The van der Waals surface area contributed by atoms with Gasteiger partial charge < -0.3 is 4.90 Å². The van der Waals surface area contributed by atoms with E-state index in [0.717, 1.165) is 12.8 Å². The molecule has 1 saturated heterocycles. The summed E-state index contributed by atoms with van der Waals surface area (Å²) in [6.07, 6.45) is -1.93. The molecule has 1 aliphatic carbocycles. The van der Waals surface area contributed by atoms with Gasteiger partial charge in [-0.15, -0.1) is 0 Å². The minimum absolute atomic E-state index is 0.0254. The highest BCUT2D eigenvalue weighted by Gasteiger charge is 2.43. The first-order valence-electron chi connectivity index (χ1n) is 7.03. The minimum atomic E-state index is -4.06. The number of carbonyl (C=O) groups is 1. The van der Waals surface area contributed by atoms with Gasteiger partial charge in [0.15, 0.2) is 0 Å². The second kappa shape index (κ2) is 5.08. The first-order valence-corrected chi connectivity index (χ1v) is 7.03. The van der Waals surface area contributed by atoms with E-state index in [1.165, 1.54) is 0 Å². The number of likely N-dealkylation sites (tertiary alicyclic amines) is 1. The maximum absolute atomic E-state index is 12.6. The molecule has 2 rings (SSSR count). The van der Waals surface area contributed by atoms with Crippen LogP contribution in [0.5, 0.6) is 0 Å². The summed E-state index contributed by atoms with van der Waals surface area (Å²) in [5, 5.41) is 0. The number of rotatable bonds is 2. The van der Waals surface area contributed by atoms with E-state index in [9.17, 15) is 18.0 Å². The topological polar surface area (TPSA) is 20.3 Å². The summed E-state index contributed by atoms with van der Waals surface area (Å²) in [5.41, 5.74) is -0.241. The highest BCUT2D eigenvalue weighted by atomic mass is 19.4. The van der Waals surface area contributed by atoms with Gasteiger partial charge in [0.05, 0.1) is 5.92 Å². The number of alkyl halides is 3. The van der Waals surface area contributed by atoms with Crippen LogP contribution in [0.2, 0.25) is 0 Å². The van der Waals surface area contributed by atoms with Crippen LogP contribution in [0, 0.1) is 17.3 Å². The average Bonchev–Trinajstić information content (AvgIpc) is 2.56. The normalized spacial score (nSPS) is 29.9. The summed E-state index contributed by atoms with van der Waals surface area (Å²) in [5.74, 6) is -0.845. The van der Waals surface area contributed by atoms with Crippen molar-refractivity contribution in [1.29, 1.82) is 0 Å². The third-order valence-corrected chi connectivity index (χ3v) is 4.68. The molecule has 2 fully saturated rings. The minimum Gasteiger partial charge on any atom is -0.303 e. The quantitative estimate of drug-likeness (QED) is 0.772. The largest absolute Gasteiger partial charge is 0.391 e. The SMILES string of the molecule is CC1(C)CCC(CN2CCC(C(F)(F)F)CC2)C1=O. The standard InChI is InChI=1S/C14H22F3NO/c1-13(2)6-3-10(12(13)19)9-18-7-4-11(5-8-18)14(15,16)17/h10-11H,3-9H2,1-2H3. The molecule has 0 amide bonds. The van der Waals surface area contributed by atoms with E-state index in [-0.39, 0.29) is 30.0 Å². The summed E-state index contributed by atoms with van der Waals surface area (Å²) in [7, 11) is 0. The van der Waals surface area contributed by atoms with Crippen LogP contribution in [-0.2, 0) is 4.79 Å². The van der Waals surface area contributed by atoms with Crippen LogP contribution in [0.25, 0.3) is 0 Å². The van der Waals surface area contributed by atoms with Crippen LogP contribution < -0.4 is 0 Å². The van der Waals surface area contributed by atoms with Crippen molar-refractivity contribution in [2.45, 2.75) is 45.7 Å². The molecule has 110 valence electrons. The van der Waals surface area contributed by atoms with E-state index < -0.39 is 12.1 Å².